The van der Waals surface area contributed by atoms with Crippen molar-refractivity contribution in [3.8, 4) is 0 Å². The predicted molar refractivity (Wildman–Crippen MR) is 113 cm³/mol. The molecule has 0 radical (unpaired) electrons. The van der Waals surface area contributed by atoms with Crippen LogP contribution in [0.4, 0.5) is 4.39 Å². The molecule has 10 heteroatoms. The summed E-state index contributed by atoms with van der Waals surface area (Å²) in [5.74, 6) is -0.442. The molecule has 0 aromatic carbocycles. The number of thiol groups is 1. The number of hydrogen-bond donors (Lipinski definition) is 2. The fourth-order valence-electron chi connectivity index (χ4n) is 3.67. The Hall–Kier alpha value is -1.04. The summed E-state index contributed by atoms with van der Waals surface area (Å²) in [5.41, 5.74) is -1.27. The van der Waals surface area contributed by atoms with Gasteiger partial charge in [-0.2, -0.15) is 0 Å². The monoisotopic (exact) mass is 556 g/mol. The SMILES string of the molecule is CNC(=O)CCCCC(=O)C1(F)CCCCCc2c1nnn2CCCC(C)=O.[2H][I-]S. The van der Waals surface area contributed by atoms with Crippen LogP contribution in [0.15, 0.2) is 0 Å². The molecule has 1 atom stereocenters. The minimum absolute atomic E-state index is 0.0795. The van der Waals surface area contributed by atoms with E-state index in [9.17, 15) is 14.4 Å². The number of halogens is 2. The van der Waals surface area contributed by atoms with Crippen LogP contribution in [0.5, 0.6) is 0 Å². The number of Topliss-reactive ketones (excluding diaryl/α,β-unsaturated/α-hetero) is 2. The van der Waals surface area contributed by atoms with Gasteiger partial charge in [-0.3, -0.25) is 9.59 Å². The van der Waals surface area contributed by atoms with Crippen molar-refractivity contribution >= 4 is 27.3 Å². The van der Waals surface area contributed by atoms with E-state index in [1.807, 2.05) is 0 Å². The van der Waals surface area contributed by atoms with Crippen LogP contribution in [0.3, 0.4) is 0 Å². The van der Waals surface area contributed by atoms with E-state index >= 15 is 4.39 Å². The second-order valence-corrected chi connectivity index (χ2v) is 7.58. The number of rotatable bonds is 10. The average Bonchev–Trinajstić information content (AvgIpc) is 3.11. The number of aromatic nitrogens is 3. The van der Waals surface area contributed by atoms with Gasteiger partial charge < -0.3 is 10.1 Å². The molecule has 1 aliphatic rings. The number of carbonyl (C=O) groups excluding carboxylic acids is 3. The quantitative estimate of drug-likeness (QED) is 0.239. The van der Waals surface area contributed by atoms with Gasteiger partial charge in [0.25, 0.3) is 0 Å². The van der Waals surface area contributed by atoms with E-state index in [0.717, 1.165) is 12.8 Å². The van der Waals surface area contributed by atoms with Crippen LogP contribution >= 0.6 is 9.80 Å². The maximum atomic E-state index is 15.9. The van der Waals surface area contributed by atoms with Crippen molar-refractivity contribution in [3.63, 3.8) is 0 Å². The molecule has 0 aliphatic heterocycles. The first-order chi connectivity index (χ1) is 14.8. The number of alkyl halides is 1. The van der Waals surface area contributed by atoms with Crippen LogP contribution in [-0.2, 0) is 33.0 Å². The number of carbonyl (C=O) groups is 3. The molecule has 7 nitrogen and oxygen atoms in total. The summed E-state index contributed by atoms with van der Waals surface area (Å²) in [7, 11) is 5.13. The van der Waals surface area contributed by atoms with Crippen molar-refractivity contribution in [1.82, 2.24) is 20.3 Å². The van der Waals surface area contributed by atoms with Crippen LogP contribution in [0.1, 0.15) is 82.5 Å². The van der Waals surface area contributed by atoms with Gasteiger partial charge in [0.2, 0.25) is 11.6 Å². The van der Waals surface area contributed by atoms with Gasteiger partial charge in [-0.1, -0.05) is 11.6 Å². The summed E-state index contributed by atoms with van der Waals surface area (Å²) in [6.45, 7) is 2.04. The number of hydrogen-bond acceptors (Lipinski definition) is 6. The van der Waals surface area contributed by atoms with Crippen LogP contribution in [0, 0.1) is 0 Å². The Morgan fingerprint density at radius 3 is 2.60 bits per heavy atom. The van der Waals surface area contributed by atoms with Gasteiger partial charge in [-0.15, -0.1) is 5.10 Å². The van der Waals surface area contributed by atoms with Gasteiger partial charge >= 0.3 is 31.4 Å². The molecule has 1 unspecified atom stereocenters. The second-order valence-electron chi connectivity index (χ2n) is 7.58. The first-order valence-corrected chi connectivity index (χ1v) is 13.6. The summed E-state index contributed by atoms with van der Waals surface area (Å²) in [4.78, 5) is 35.2. The molecule has 1 aromatic rings. The summed E-state index contributed by atoms with van der Waals surface area (Å²) < 4.78 is 23.8. The molecule has 0 spiro atoms. The zero-order chi connectivity index (χ0) is 23.3. The van der Waals surface area contributed by atoms with Crippen LogP contribution in [-0.4, -0.2) is 40.1 Å². The van der Waals surface area contributed by atoms with E-state index in [0.29, 0.717) is 57.2 Å². The molecule has 0 bridgehead atoms. The van der Waals surface area contributed by atoms with E-state index in [-0.39, 0.29) is 30.2 Å². The Labute approximate surface area is 195 Å². The fraction of sp³-hybridized carbons (Fsp3) is 0.750. The number of nitrogens with one attached hydrogen (secondary N) is 1. The second kappa shape index (κ2) is 14.1. The summed E-state index contributed by atoms with van der Waals surface area (Å²) >= 11 is -0.466. The number of amides is 1. The molecule has 0 saturated heterocycles. The first-order valence-electron chi connectivity index (χ1n) is 10.8. The summed E-state index contributed by atoms with van der Waals surface area (Å²) in [5, 5.41) is 10.7. The molecule has 1 amide bonds. The third kappa shape index (κ3) is 7.90. The maximum absolute atomic E-state index is 15.9. The molecule has 0 saturated carbocycles. The third-order valence-electron chi connectivity index (χ3n) is 5.33. The average molecular weight is 556 g/mol. The minimum atomic E-state index is -2.11. The van der Waals surface area contributed by atoms with Gasteiger partial charge in [0.05, 0.1) is 5.69 Å². The molecule has 30 heavy (non-hydrogen) atoms. The van der Waals surface area contributed by atoms with Crippen molar-refractivity contribution in [2.75, 3.05) is 7.05 Å². The summed E-state index contributed by atoms with van der Waals surface area (Å²) in [6, 6.07) is 0. The van der Waals surface area contributed by atoms with Crippen LogP contribution in [0.25, 0.3) is 0 Å². The van der Waals surface area contributed by atoms with E-state index in [1.165, 1.54) is 0 Å². The number of aryl methyl sites for hydroxylation is 1. The van der Waals surface area contributed by atoms with E-state index in [1.54, 1.807) is 18.7 Å². The molecule has 0 fully saturated rings. The molecular weight excluding hydrogens is 522 g/mol. The predicted octanol–water partition coefficient (Wildman–Crippen LogP) is -0.0791. The van der Waals surface area contributed by atoms with Crippen molar-refractivity contribution in [2.45, 2.75) is 89.8 Å². The first kappa shape index (κ1) is 25.2. The zero-order valence-corrected chi connectivity index (χ0v) is 20.8. The number of ketones is 2. The van der Waals surface area contributed by atoms with E-state index < -0.39 is 32.5 Å². The van der Waals surface area contributed by atoms with Gasteiger partial charge in [0, 0.05) is 32.9 Å². The number of fused-ring (bicyclic) bond motifs is 1. The van der Waals surface area contributed by atoms with E-state index in [4.69, 9.17) is 0.594 Å². The Morgan fingerprint density at radius 1 is 1.23 bits per heavy atom. The zero-order valence-electron chi connectivity index (χ0n) is 18.8. The van der Waals surface area contributed by atoms with Gasteiger partial charge in [-0.05, 0) is 51.9 Å². The Kier molecular flexibility index (Phi) is 11.9. The number of nitrogens with zero attached hydrogens (tertiary/aromatic N) is 3. The molecule has 172 valence electrons. The van der Waals surface area contributed by atoms with E-state index in [2.05, 4.69) is 25.4 Å². The van der Waals surface area contributed by atoms with Crippen molar-refractivity contribution in [1.29, 1.82) is 0.594 Å². The molecule has 1 heterocycles. The molecule has 2 rings (SSSR count). The fourth-order valence-corrected chi connectivity index (χ4v) is 3.67. The molecule has 1 aliphatic carbocycles. The molecule has 1 aromatic heterocycles. The van der Waals surface area contributed by atoms with Crippen molar-refractivity contribution in [3.05, 3.63) is 11.4 Å². The van der Waals surface area contributed by atoms with Crippen LogP contribution in [0.2, 0.25) is 0 Å². The standard InChI is InChI=1S/C20H31FN4O3.H2IS/c1-15(26)9-8-14-25-16-10-4-3-7-13-20(21,19(16)23-24-25)17(27)11-5-6-12-18(28)22-2;1-2/h3-14H2,1-2H3,(H,22,28);1-2H/q;-1/i;1D. The van der Waals surface area contributed by atoms with Crippen molar-refractivity contribution < 1.29 is 39.8 Å². The normalized spacial score (nSPS) is 18.9. The van der Waals surface area contributed by atoms with Crippen LogP contribution < -0.4 is 26.3 Å². The number of unbranched alkanes of at least 4 members (excludes halogenated alkanes) is 1. The molecular formula is C20H33FIN4O3S-. The van der Waals surface area contributed by atoms with Gasteiger partial charge in [0.15, 0.2) is 5.78 Å². The van der Waals surface area contributed by atoms with Gasteiger partial charge in [0.1, 0.15) is 11.5 Å². The summed E-state index contributed by atoms with van der Waals surface area (Å²) in [6.07, 6.45) is 5.67. The Balaban J connectivity index is 0.00000151. The van der Waals surface area contributed by atoms with Gasteiger partial charge in [-0.25, -0.2) is 9.07 Å². The Bertz CT molecular complexity index is 737. The van der Waals surface area contributed by atoms with Crippen molar-refractivity contribution in [2.24, 2.45) is 0 Å². The third-order valence-corrected chi connectivity index (χ3v) is 5.33. The molecule has 1 N–H and O–H groups in total. The topological polar surface area (TPSA) is 93.9 Å². The Morgan fingerprint density at radius 2 is 1.93 bits per heavy atom.